The molecule has 0 saturated carbocycles. The second-order valence-corrected chi connectivity index (χ2v) is 6.31. The molecule has 2 heterocycles. The van der Waals surface area contributed by atoms with Gasteiger partial charge in [-0.3, -0.25) is 9.59 Å². The number of carbonyl (C=O) groups excluding carboxylic acids is 1. The number of hydrogen-bond acceptors (Lipinski definition) is 3. The zero-order chi connectivity index (χ0) is 17.8. The third-order valence-electron chi connectivity index (χ3n) is 4.52. The van der Waals surface area contributed by atoms with Gasteiger partial charge < -0.3 is 10.0 Å². The molecule has 25 heavy (non-hydrogen) atoms. The van der Waals surface area contributed by atoms with Crippen LogP contribution in [0.15, 0.2) is 36.7 Å². The van der Waals surface area contributed by atoms with Gasteiger partial charge in [-0.15, -0.1) is 0 Å². The molecule has 0 unspecified atom stereocenters. The molecule has 0 radical (unpaired) electrons. The zero-order valence-corrected chi connectivity index (χ0v) is 13.8. The number of nitrogens with zero attached hydrogens (tertiary/aromatic N) is 3. The van der Waals surface area contributed by atoms with Crippen molar-refractivity contribution in [3.8, 4) is 5.69 Å². The van der Waals surface area contributed by atoms with Crippen molar-refractivity contribution in [2.24, 2.45) is 5.92 Å². The van der Waals surface area contributed by atoms with Crippen LogP contribution < -0.4 is 0 Å². The minimum Gasteiger partial charge on any atom is -0.481 e. The van der Waals surface area contributed by atoms with Gasteiger partial charge in [-0.2, -0.15) is 5.10 Å². The minimum absolute atomic E-state index is 0.111. The van der Waals surface area contributed by atoms with Crippen LogP contribution in [-0.4, -0.2) is 44.8 Å². The van der Waals surface area contributed by atoms with Crippen LogP contribution in [0.2, 0.25) is 0 Å². The molecule has 1 saturated heterocycles. The van der Waals surface area contributed by atoms with Gasteiger partial charge in [0.25, 0.3) is 5.91 Å². The summed E-state index contributed by atoms with van der Waals surface area (Å²) in [5, 5.41) is 12.8. The van der Waals surface area contributed by atoms with Crippen LogP contribution in [0, 0.1) is 11.7 Å². The summed E-state index contributed by atoms with van der Waals surface area (Å²) in [4.78, 5) is 25.1. The minimum atomic E-state index is -0.820. The van der Waals surface area contributed by atoms with Crippen LogP contribution in [0.3, 0.4) is 0 Å². The van der Waals surface area contributed by atoms with Gasteiger partial charge in [-0.1, -0.05) is 0 Å². The smallest absolute Gasteiger partial charge is 0.303 e. The molecule has 3 rings (SSSR count). The van der Waals surface area contributed by atoms with Crippen LogP contribution in [0.25, 0.3) is 5.69 Å². The van der Waals surface area contributed by atoms with Crippen LogP contribution in [0.4, 0.5) is 4.39 Å². The molecular weight excluding hydrogens is 325 g/mol. The Morgan fingerprint density at radius 2 is 2.20 bits per heavy atom. The lowest BCUT2D eigenvalue weighted by Crippen LogP contribution is -2.40. The van der Waals surface area contributed by atoms with Crippen LogP contribution in [0.5, 0.6) is 0 Å². The second-order valence-electron chi connectivity index (χ2n) is 6.31. The Labute approximate surface area is 144 Å². The topological polar surface area (TPSA) is 75.4 Å². The summed E-state index contributed by atoms with van der Waals surface area (Å²) in [5.74, 6) is -1.36. The third-order valence-corrected chi connectivity index (χ3v) is 4.52. The summed E-state index contributed by atoms with van der Waals surface area (Å²) in [6.45, 7) is 1.14. The number of aliphatic carboxylic acids is 1. The molecule has 1 fully saturated rings. The van der Waals surface area contributed by atoms with E-state index in [0.717, 1.165) is 12.8 Å². The predicted molar refractivity (Wildman–Crippen MR) is 89.0 cm³/mol. The van der Waals surface area contributed by atoms with Gasteiger partial charge in [-0.05, 0) is 49.4 Å². The van der Waals surface area contributed by atoms with Crippen LogP contribution in [-0.2, 0) is 4.79 Å². The Hall–Kier alpha value is -2.70. The molecular formula is C18H20FN3O3. The standard InChI is InChI=1S/C18H20FN3O3/c19-15-11-14(5-6-16(15)22-10-2-8-20-22)18(25)21-9-1-3-13(12-21)4-7-17(23)24/h2,5-6,8,10-11,13H,1,3-4,7,9,12H2,(H,23,24)/t13-/m0/s1. The second kappa shape index (κ2) is 7.46. The number of aromatic nitrogens is 2. The molecule has 1 aromatic heterocycles. The van der Waals surface area contributed by atoms with E-state index in [1.165, 1.54) is 10.7 Å². The number of amides is 1. The predicted octanol–water partition coefficient (Wildman–Crippen LogP) is 2.73. The molecule has 1 amide bonds. The van der Waals surface area contributed by atoms with Gasteiger partial charge in [-0.25, -0.2) is 9.07 Å². The van der Waals surface area contributed by atoms with E-state index in [2.05, 4.69) is 5.10 Å². The number of carboxylic acid groups (broad SMARTS) is 1. The fourth-order valence-corrected chi connectivity index (χ4v) is 3.23. The van der Waals surface area contributed by atoms with E-state index >= 15 is 0 Å². The fourth-order valence-electron chi connectivity index (χ4n) is 3.23. The van der Waals surface area contributed by atoms with E-state index in [4.69, 9.17) is 5.11 Å². The number of likely N-dealkylation sites (tertiary alicyclic amines) is 1. The summed E-state index contributed by atoms with van der Waals surface area (Å²) < 4.78 is 15.7. The average molecular weight is 345 g/mol. The number of hydrogen-bond donors (Lipinski definition) is 1. The molecule has 1 aromatic carbocycles. The first-order valence-electron chi connectivity index (χ1n) is 8.35. The molecule has 1 aliphatic heterocycles. The first-order chi connectivity index (χ1) is 12.0. The number of halogens is 1. The van der Waals surface area contributed by atoms with Crippen molar-refractivity contribution >= 4 is 11.9 Å². The zero-order valence-electron chi connectivity index (χ0n) is 13.8. The highest BCUT2D eigenvalue weighted by atomic mass is 19.1. The SMILES string of the molecule is O=C(O)CC[C@@H]1CCCN(C(=O)c2ccc(-n3cccn3)c(F)c2)C1. The Morgan fingerprint density at radius 3 is 2.88 bits per heavy atom. The number of carbonyl (C=O) groups is 2. The van der Waals surface area contributed by atoms with Crippen molar-refractivity contribution in [1.29, 1.82) is 0 Å². The molecule has 6 nitrogen and oxygen atoms in total. The molecule has 1 aliphatic rings. The quantitative estimate of drug-likeness (QED) is 0.904. The van der Waals surface area contributed by atoms with Gasteiger partial charge in [0.05, 0.1) is 0 Å². The highest BCUT2D eigenvalue weighted by Gasteiger charge is 2.25. The highest BCUT2D eigenvalue weighted by molar-refractivity contribution is 5.94. The van der Waals surface area contributed by atoms with E-state index in [9.17, 15) is 14.0 Å². The van der Waals surface area contributed by atoms with E-state index in [-0.39, 0.29) is 18.2 Å². The van der Waals surface area contributed by atoms with Crippen molar-refractivity contribution in [3.63, 3.8) is 0 Å². The number of rotatable bonds is 5. The highest BCUT2D eigenvalue weighted by Crippen LogP contribution is 2.23. The van der Waals surface area contributed by atoms with Crippen molar-refractivity contribution in [2.75, 3.05) is 13.1 Å². The maximum absolute atomic E-state index is 14.3. The Balaban J connectivity index is 1.70. The number of benzene rings is 1. The first-order valence-corrected chi connectivity index (χ1v) is 8.35. The average Bonchev–Trinajstić information content (AvgIpc) is 3.14. The molecule has 0 spiro atoms. The number of carboxylic acids is 1. The molecule has 1 N–H and O–H groups in total. The summed E-state index contributed by atoms with van der Waals surface area (Å²) in [6, 6.07) is 6.08. The van der Waals surface area contributed by atoms with Crippen molar-refractivity contribution in [1.82, 2.24) is 14.7 Å². The fraction of sp³-hybridized carbons (Fsp3) is 0.389. The molecule has 2 aromatic rings. The van der Waals surface area contributed by atoms with E-state index in [1.807, 2.05) is 0 Å². The molecule has 0 aliphatic carbocycles. The van der Waals surface area contributed by atoms with Gasteiger partial charge in [0.1, 0.15) is 11.5 Å². The third kappa shape index (κ3) is 4.04. The molecule has 0 bridgehead atoms. The summed E-state index contributed by atoms with van der Waals surface area (Å²) in [6.07, 6.45) is 5.63. The van der Waals surface area contributed by atoms with Gasteiger partial charge in [0.15, 0.2) is 0 Å². The van der Waals surface area contributed by atoms with Crippen molar-refractivity contribution in [2.45, 2.75) is 25.7 Å². The van der Waals surface area contributed by atoms with E-state index < -0.39 is 11.8 Å². The summed E-state index contributed by atoms with van der Waals surface area (Å²) in [5.41, 5.74) is 0.590. The van der Waals surface area contributed by atoms with Gasteiger partial charge >= 0.3 is 5.97 Å². The van der Waals surface area contributed by atoms with E-state index in [1.54, 1.807) is 35.5 Å². The van der Waals surface area contributed by atoms with Gasteiger partial charge in [0, 0.05) is 37.5 Å². The molecule has 1 atom stereocenters. The lowest BCUT2D eigenvalue weighted by molar-refractivity contribution is -0.137. The molecule has 7 heteroatoms. The number of piperidine rings is 1. The Kier molecular flexibility index (Phi) is 5.11. The van der Waals surface area contributed by atoms with Crippen molar-refractivity contribution < 1.29 is 19.1 Å². The van der Waals surface area contributed by atoms with E-state index in [0.29, 0.717) is 30.8 Å². The monoisotopic (exact) mass is 345 g/mol. The lowest BCUT2D eigenvalue weighted by atomic mass is 9.93. The van der Waals surface area contributed by atoms with Crippen LogP contribution >= 0.6 is 0 Å². The maximum atomic E-state index is 14.3. The van der Waals surface area contributed by atoms with Crippen molar-refractivity contribution in [3.05, 3.63) is 48.0 Å². The Morgan fingerprint density at radius 1 is 1.36 bits per heavy atom. The summed E-state index contributed by atoms with van der Waals surface area (Å²) in [7, 11) is 0. The largest absolute Gasteiger partial charge is 0.481 e. The summed E-state index contributed by atoms with van der Waals surface area (Å²) >= 11 is 0. The van der Waals surface area contributed by atoms with Crippen LogP contribution in [0.1, 0.15) is 36.0 Å². The van der Waals surface area contributed by atoms with Gasteiger partial charge in [0.2, 0.25) is 0 Å². The maximum Gasteiger partial charge on any atom is 0.303 e. The molecule has 132 valence electrons. The lowest BCUT2D eigenvalue weighted by Gasteiger charge is -2.32. The first kappa shape index (κ1) is 17.1. The normalized spacial score (nSPS) is 17.5. The Bertz CT molecular complexity index is 761.